The van der Waals surface area contributed by atoms with Crippen LogP contribution in [0.25, 0.3) is 10.8 Å². The van der Waals surface area contributed by atoms with Crippen LogP contribution in [0.5, 0.6) is 0 Å². The lowest BCUT2D eigenvalue weighted by molar-refractivity contribution is 0.825. The smallest absolute Gasteiger partial charge is 0.0999 e. The molecule has 3 rings (SSSR count). The normalized spacial score (nSPS) is 14.2. The molecule has 0 amide bonds. The van der Waals surface area contributed by atoms with Gasteiger partial charge < -0.3 is 10.6 Å². The van der Waals surface area contributed by atoms with Crippen LogP contribution in [0.2, 0.25) is 0 Å². The maximum atomic E-state index is 8.50. The van der Waals surface area contributed by atoms with Crippen LogP contribution < -0.4 is 10.6 Å². The molecular formula is C15H13N3. The monoisotopic (exact) mass is 235 g/mol. The summed E-state index contributed by atoms with van der Waals surface area (Å²) in [6.07, 6.45) is 4.30. The Labute approximate surface area is 106 Å². The first kappa shape index (κ1) is 10.7. The topological polar surface area (TPSA) is 47.9 Å². The first-order valence-electron chi connectivity index (χ1n) is 5.98. The molecule has 0 saturated heterocycles. The molecule has 1 aliphatic heterocycles. The second-order valence-electron chi connectivity index (χ2n) is 4.32. The van der Waals surface area contributed by atoms with Gasteiger partial charge in [-0.1, -0.05) is 30.3 Å². The standard InChI is InChI=1S/C15H13N3/c16-10-2-1-9-14-17-12-7-3-5-11-6-4-8-13(18-14)15(11)12/h1-8,14,17-18H,9H2. The van der Waals surface area contributed by atoms with Crippen molar-refractivity contribution in [2.75, 3.05) is 10.6 Å². The molecule has 3 nitrogen and oxygen atoms in total. The molecule has 0 bridgehead atoms. The van der Waals surface area contributed by atoms with E-state index in [0.29, 0.717) is 0 Å². The predicted molar refractivity (Wildman–Crippen MR) is 74.4 cm³/mol. The first-order valence-corrected chi connectivity index (χ1v) is 5.98. The second-order valence-corrected chi connectivity index (χ2v) is 4.32. The molecule has 2 aromatic rings. The third kappa shape index (κ3) is 1.78. The zero-order valence-electron chi connectivity index (χ0n) is 9.85. The number of benzene rings is 2. The van der Waals surface area contributed by atoms with Crippen molar-refractivity contribution in [1.29, 1.82) is 5.26 Å². The fourth-order valence-corrected chi connectivity index (χ4v) is 2.37. The van der Waals surface area contributed by atoms with E-state index in [9.17, 15) is 0 Å². The Hall–Kier alpha value is -2.47. The van der Waals surface area contributed by atoms with Crippen LogP contribution >= 0.6 is 0 Å². The second kappa shape index (κ2) is 4.42. The minimum absolute atomic E-state index is 0.134. The summed E-state index contributed by atoms with van der Waals surface area (Å²) >= 11 is 0. The van der Waals surface area contributed by atoms with E-state index in [0.717, 1.165) is 17.8 Å². The minimum Gasteiger partial charge on any atom is -0.365 e. The van der Waals surface area contributed by atoms with Crippen LogP contribution in [0.15, 0.2) is 48.6 Å². The van der Waals surface area contributed by atoms with E-state index in [4.69, 9.17) is 5.26 Å². The lowest BCUT2D eigenvalue weighted by Gasteiger charge is -2.28. The number of rotatable bonds is 2. The zero-order chi connectivity index (χ0) is 12.4. The molecule has 0 saturated carbocycles. The average molecular weight is 235 g/mol. The third-order valence-corrected chi connectivity index (χ3v) is 3.13. The third-order valence-electron chi connectivity index (χ3n) is 3.13. The van der Waals surface area contributed by atoms with Gasteiger partial charge in [-0.15, -0.1) is 0 Å². The summed E-state index contributed by atoms with van der Waals surface area (Å²) in [6, 6.07) is 14.5. The summed E-state index contributed by atoms with van der Waals surface area (Å²) in [5.41, 5.74) is 2.30. The SMILES string of the molecule is N#CC=CCC1Nc2cccc3cccc(c23)N1. The van der Waals surface area contributed by atoms with Crippen molar-refractivity contribution in [3.05, 3.63) is 48.6 Å². The fraction of sp³-hybridized carbons (Fsp3) is 0.133. The lowest BCUT2D eigenvalue weighted by atomic mass is 10.0. The van der Waals surface area contributed by atoms with Gasteiger partial charge in [0.1, 0.15) is 0 Å². The number of allylic oxidation sites excluding steroid dienone is 1. The van der Waals surface area contributed by atoms with Gasteiger partial charge in [-0.2, -0.15) is 5.26 Å². The Morgan fingerprint density at radius 1 is 1.11 bits per heavy atom. The first-order chi connectivity index (χ1) is 8.88. The quantitative estimate of drug-likeness (QED) is 0.783. The number of anilines is 2. The maximum Gasteiger partial charge on any atom is 0.0999 e. The summed E-state index contributed by atoms with van der Waals surface area (Å²) < 4.78 is 0. The highest BCUT2D eigenvalue weighted by Gasteiger charge is 2.17. The van der Waals surface area contributed by atoms with Crippen LogP contribution in [0.1, 0.15) is 6.42 Å². The van der Waals surface area contributed by atoms with Crippen molar-refractivity contribution in [2.24, 2.45) is 0 Å². The van der Waals surface area contributed by atoms with E-state index in [1.807, 2.05) is 12.1 Å². The van der Waals surface area contributed by atoms with E-state index in [1.54, 1.807) is 0 Å². The summed E-state index contributed by atoms with van der Waals surface area (Å²) in [7, 11) is 0. The van der Waals surface area contributed by atoms with Gasteiger partial charge in [0.2, 0.25) is 0 Å². The Bertz CT molecular complexity index is 612. The van der Waals surface area contributed by atoms with Crippen LogP contribution in [0.4, 0.5) is 11.4 Å². The molecule has 0 unspecified atom stereocenters. The van der Waals surface area contributed by atoms with Crippen molar-refractivity contribution in [3.8, 4) is 6.07 Å². The van der Waals surface area contributed by atoms with Crippen molar-refractivity contribution in [1.82, 2.24) is 0 Å². The highest BCUT2D eigenvalue weighted by atomic mass is 15.1. The number of nitriles is 1. The molecule has 1 aliphatic rings. The molecule has 18 heavy (non-hydrogen) atoms. The van der Waals surface area contributed by atoms with Gasteiger partial charge >= 0.3 is 0 Å². The highest BCUT2D eigenvalue weighted by molar-refractivity contribution is 6.04. The van der Waals surface area contributed by atoms with Crippen molar-refractivity contribution >= 4 is 22.1 Å². The van der Waals surface area contributed by atoms with Crippen LogP contribution in [0.3, 0.4) is 0 Å². The van der Waals surface area contributed by atoms with E-state index >= 15 is 0 Å². The van der Waals surface area contributed by atoms with Gasteiger partial charge in [0.05, 0.1) is 12.2 Å². The van der Waals surface area contributed by atoms with Gasteiger partial charge in [0.25, 0.3) is 0 Å². The zero-order valence-corrected chi connectivity index (χ0v) is 9.85. The Morgan fingerprint density at radius 3 is 2.39 bits per heavy atom. The van der Waals surface area contributed by atoms with Crippen molar-refractivity contribution in [2.45, 2.75) is 12.6 Å². The molecule has 3 heteroatoms. The number of nitrogens with one attached hydrogen (secondary N) is 2. The van der Waals surface area contributed by atoms with Crippen molar-refractivity contribution < 1.29 is 0 Å². The maximum absolute atomic E-state index is 8.50. The molecule has 0 aliphatic carbocycles. The number of hydrogen-bond donors (Lipinski definition) is 2. The van der Waals surface area contributed by atoms with Gasteiger partial charge in [-0.25, -0.2) is 0 Å². The molecule has 1 heterocycles. The molecule has 0 radical (unpaired) electrons. The van der Waals surface area contributed by atoms with E-state index in [-0.39, 0.29) is 6.17 Å². The molecule has 88 valence electrons. The van der Waals surface area contributed by atoms with Crippen LogP contribution in [-0.2, 0) is 0 Å². The fourth-order valence-electron chi connectivity index (χ4n) is 2.37. The van der Waals surface area contributed by atoms with E-state index in [2.05, 4.69) is 47.0 Å². The molecule has 2 aromatic carbocycles. The lowest BCUT2D eigenvalue weighted by Crippen LogP contribution is -2.31. The molecule has 0 atom stereocenters. The van der Waals surface area contributed by atoms with Crippen molar-refractivity contribution in [3.63, 3.8) is 0 Å². The minimum atomic E-state index is 0.134. The Balaban J connectivity index is 1.96. The molecular weight excluding hydrogens is 222 g/mol. The summed E-state index contributed by atoms with van der Waals surface area (Å²) in [5.74, 6) is 0. The number of nitrogens with zero attached hydrogens (tertiary/aromatic N) is 1. The molecule has 0 spiro atoms. The van der Waals surface area contributed by atoms with Gasteiger partial charge in [-0.3, -0.25) is 0 Å². The van der Waals surface area contributed by atoms with Gasteiger partial charge in [0.15, 0.2) is 0 Å². The summed E-state index contributed by atoms with van der Waals surface area (Å²) in [5, 5.41) is 17.9. The van der Waals surface area contributed by atoms with E-state index in [1.165, 1.54) is 16.8 Å². The van der Waals surface area contributed by atoms with Crippen LogP contribution in [0, 0.1) is 11.3 Å². The summed E-state index contributed by atoms with van der Waals surface area (Å²) in [4.78, 5) is 0. The summed E-state index contributed by atoms with van der Waals surface area (Å²) in [6.45, 7) is 0. The number of hydrogen-bond acceptors (Lipinski definition) is 3. The predicted octanol–water partition coefficient (Wildman–Crippen LogP) is 3.47. The molecule has 2 N–H and O–H groups in total. The molecule has 0 fully saturated rings. The largest absolute Gasteiger partial charge is 0.365 e. The molecule has 0 aromatic heterocycles. The highest BCUT2D eigenvalue weighted by Crippen LogP contribution is 2.34. The van der Waals surface area contributed by atoms with E-state index < -0.39 is 0 Å². The Morgan fingerprint density at radius 2 is 1.78 bits per heavy atom. The van der Waals surface area contributed by atoms with Crippen LogP contribution in [-0.4, -0.2) is 6.17 Å². The van der Waals surface area contributed by atoms with Gasteiger partial charge in [0, 0.05) is 29.3 Å². The van der Waals surface area contributed by atoms with Gasteiger partial charge in [-0.05, 0) is 17.5 Å². The average Bonchev–Trinajstić information content (AvgIpc) is 2.40. The Kier molecular flexibility index (Phi) is 2.62.